The molecule has 0 saturated heterocycles. The lowest BCUT2D eigenvalue weighted by Crippen LogP contribution is -2.03. The van der Waals surface area contributed by atoms with Gasteiger partial charge in [-0.1, -0.05) is 17.7 Å². The maximum absolute atomic E-state index is 13.6. The van der Waals surface area contributed by atoms with Crippen molar-refractivity contribution in [3.05, 3.63) is 63.7 Å². The topological polar surface area (TPSA) is 29.5 Å². The average Bonchev–Trinajstić information content (AvgIpc) is 2.42. The molecule has 0 spiro atoms. The number of hydrogen-bond acceptors (Lipinski definition) is 2. The minimum atomic E-state index is -1.14. The summed E-state index contributed by atoms with van der Waals surface area (Å²) in [6.45, 7) is 1.57. The van der Waals surface area contributed by atoms with Crippen molar-refractivity contribution < 1.29 is 18.6 Å². The summed E-state index contributed by atoms with van der Waals surface area (Å²) >= 11 is 5.93. The Balaban J connectivity index is 2.43. The van der Waals surface area contributed by atoms with Crippen LogP contribution >= 0.6 is 11.6 Å². The molecule has 0 radical (unpaired) electrons. The van der Waals surface area contributed by atoms with Gasteiger partial charge >= 0.3 is 0 Å². The number of ether oxygens (including phenoxy) is 1. The first kappa shape index (κ1) is 14.8. The third kappa shape index (κ3) is 2.76. The van der Waals surface area contributed by atoms with Gasteiger partial charge in [-0.15, -0.1) is 0 Å². The molecule has 1 N–H and O–H groups in total. The lowest BCUT2D eigenvalue weighted by atomic mass is 9.99. The normalized spacial score (nSPS) is 12.3. The Morgan fingerprint density at radius 1 is 1.15 bits per heavy atom. The molecule has 0 aromatic heterocycles. The van der Waals surface area contributed by atoms with Crippen molar-refractivity contribution in [2.75, 3.05) is 7.11 Å². The second-order valence-corrected chi connectivity index (χ2v) is 4.83. The summed E-state index contributed by atoms with van der Waals surface area (Å²) in [5.41, 5.74) is 1.00. The summed E-state index contributed by atoms with van der Waals surface area (Å²) in [5, 5.41) is 10.4. The quantitative estimate of drug-likeness (QED) is 0.927. The zero-order valence-electron chi connectivity index (χ0n) is 11.0. The van der Waals surface area contributed by atoms with E-state index >= 15 is 0 Å². The first-order valence-corrected chi connectivity index (χ1v) is 6.29. The molecule has 0 fully saturated rings. The summed E-state index contributed by atoms with van der Waals surface area (Å²) in [6.07, 6.45) is -1.14. The maximum Gasteiger partial charge on any atom is 0.165 e. The largest absolute Gasteiger partial charge is 0.494 e. The van der Waals surface area contributed by atoms with Gasteiger partial charge in [-0.05, 0) is 42.3 Å². The molecule has 1 atom stereocenters. The van der Waals surface area contributed by atoms with Gasteiger partial charge in [-0.3, -0.25) is 0 Å². The van der Waals surface area contributed by atoms with E-state index in [1.807, 2.05) is 0 Å². The van der Waals surface area contributed by atoms with Crippen LogP contribution in [-0.4, -0.2) is 12.2 Å². The fourth-order valence-electron chi connectivity index (χ4n) is 1.92. The lowest BCUT2D eigenvalue weighted by Gasteiger charge is -2.15. The molecule has 0 bridgehead atoms. The molecule has 2 rings (SSSR count). The van der Waals surface area contributed by atoms with Gasteiger partial charge in [0.15, 0.2) is 11.6 Å². The first-order valence-electron chi connectivity index (χ1n) is 5.91. The molecule has 0 heterocycles. The SMILES string of the molecule is COc1ccc(C(O)c2cc(C)c(F)cc2Cl)cc1F. The molecule has 0 saturated carbocycles. The van der Waals surface area contributed by atoms with Gasteiger partial charge in [-0.25, -0.2) is 8.78 Å². The van der Waals surface area contributed by atoms with E-state index in [9.17, 15) is 13.9 Å². The predicted molar refractivity (Wildman–Crippen MR) is 73.2 cm³/mol. The van der Waals surface area contributed by atoms with Crippen LogP contribution in [0.5, 0.6) is 5.75 Å². The second kappa shape index (κ2) is 5.77. The highest BCUT2D eigenvalue weighted by Crippen LogP contribution is 2.32. The average molecular weight is 299 g/mol. The van der Waals surface area contributed by atoms with E-state index in [0.717, 1.165) is 6.07 Å². The molecule has 2 nitrogen and oxygen atoms in total. The summed E-state index contributed by atoms with van der Waals surface area (Å²) in [7, 11) is 1.36. The number of halogens is 3. The Morgan fingerprint density at radius 3 is 2.45 bits per heavy atom. The zero-order valence-corrected chi connectivity index (χ0v) is 11.7. The van der Waals surface area contributed by atoms with Crippen LogP contribution in [0.2, 0.25) is 5.02 Å². The summed E-state index contributed by atoms with van der Waals surface area (Å²) in [4.78, 5) is 0. The molecular formula is C15H13ClF2O2. The van der Waals surface area contributed by atoms with Crippen molar-refractivity contribution in [3.63, 3.8) is 0 Å². The number of aliphatic hydroxyl groups excluding tert-OH is 1. The summed E-state index contributed by atoms with van der Waals surface area (Å²) < 4.78 is 31.8. The van der Waals surface area contributed by atoms with Crippen molar-refractivity contribution in [3.8, 4) is 5.75 Å². The van der Waals surface area contributed by atoms with Crippen LogP contribution in [0.3, 0.4) is 0 Å². The van der Waals surface area contributed by atoms with Gasteiger partial charge in [0.05, 0.1) is 7.11 Å². The van der Waals surface area contributed by atoms with Crippen molar-refractivity contribution in [1.82, 2.24) is 0 Å². The van der Waals surface area contributed by atoms with Crippen molar-refractivity contribution >= 4 is 11.6 Å². The molecule has 0 aliphatic heterocycles. The highest BCUT2D eigenvalue weighted by molar-refractivity contribution is 6.31. The van der Waals surface area contributed by atoms with Crippen molar-refractivity contribution in [2.24, 2.45) is 0 Å². The number of hydrogen-bond donors (Lipinski definition) is 1. The predicted octanol–water partition coefficient (Wildman–Crippen LogP) is 4.02. The molecule has 106 valence electrons. The lowest BCUT2D eigenvalue weighted by molar-refractivity contribution is 0.219. The van der Waals surface area contributed by atoms with Gasteiger partial charge in [0.1, 0.15) is 11.9 Å². The highest BCUT2D eigenvalue weighted by Gasteiger charge is 2.17. The molecule has 0 aliphatic rings. The maximum atomic E-state index is 13.6. The molecule has 2 aromatic carbocycles. The third-order valence-electron chi connectivity index (χ3n) is 3.06. The van der Waals surface area contributed by atoms with Gasteiger partial charge in [0.25, 0.3) is 0 Å². The number of aliphatic hydroxyl groups is 1. The molecular weight excluding hydrogens is 286 g/mol. The standard InChI is InChI=1S/C15H13ClF2O2/c1-8-5-10(11(16)7-12(8)17)15(19)9-3-4-14(20-2)13(18)6-9/h3-7,15,19H,1-2H3. The second-order valence-electron chi connectivity index (χ2n) is 4.42. The Morgan fingerprint density at radius 2 is 1.85 bits per heavy atom. The van der Waals surface area contributed by atoms with Crippen LogP contribution in [0, 0.1) is 18.6 Å². The van der Waals surface area contributed by atoms with E-state index in [2.05, 4.69) is 0 Å². The monoisotopic (exact) mass is 298 g/mol. The minimum Gasteiger partial charge on any atom is -0.494 e. The van der Waals surface area contributed by atoms with Crippen molar-refractivity contribution in [1.29, 1.82) is 0 Å². The van der Waals surface area contributed by atoms with E-state index in [-0.39, 0.29) is 10.8 Å². The van der Waals surface area contributed by atoms with Gasteiger partial charge < -0.3 is 9.84 Å². The number of benzene rings is 2. The van der Waals surface area contributed by atoms with Crippen LogP contribution in [-0.2, 0) is 0 Å². The Labute approximate surface area is 120 Å². The molecule has 0 aliphatic carbocycles. The van der Waals surface area contributed by atoms with E-state index in [4.69, 9.17) is 16.3 Å². The fourth-order valence-corrected chi connectivity index (χ4v) is 2.18. The Bertz CT molecular complexity index is 644. The van der Waals surface area contributed by atoms with Crippen LogP contribution in [0.15, 0.2) is 30.3 Å². The third-order valence-corrected chi connectivity index (χ3v) is 3.39. The smallest absolute Gasteiger partial charge is 0.165 e. The fraction of sp³-hybridized carbons (Fsp3) is 0.200. The Kier molecular flexibility index (Phi) is 4.26. The summed E-state index contributed by atoms with van der Waals surface area (Å²) in [6, 6.07) is 6.69. The van der Waals surface area contributed by atoms with Crippen LogP contribution in [0.1, 0.15) is 22.8 Å². The van der Waals surface area contributed by atoms with E-state index < -0.39 is 17.7 Å². The Hall–Kier alpha value is -1.65. The van der Waals surface area contributed by atoms with Gasteiger partial charge in [0, 0.05) is 10.6 Å². The number of rotatable bonds is 3. The van der Waals surface area contributed by atoms with Crippen LogP contribution in [0.25, 0.3) is 0 Å². The molecule has 20 heavy (non-hydrogen) atoms. The first-order chi connectivity index (χ1) is 9.43. The highest BCUT2D eigenvalue weighted by atomic mass is 35.5. The zero-order chi connectivity index (χ0) is 14.9. The van der Waals surface area contributed by atoms with Gasteiger partial charge in [-0.2, -0.15) is 0 Å². The van der Waals surface area contributed by atoms with Crippen LogP contribution in [0.4, 0.5) is 8.78 Å². The van der Waals surface area contributed by atoms with Crippen LogP contribution < -0.4 is 4.74 Å². The van der Waals surface area contributed by atoms with E-state index in [1.165, 1.54) is 31.4 Å². The number of methoxy groups -OCH3 is 1. The van der Waals surface area contributed by atoms with Crippen molar-refractivity contribution in [2.45, 2.75) is 13.0 Å². The van der Waals surface area contributed by atoms with E-state index in [0.29, 0.717) is 16.7 Å². The van der Waals surface area contributed by atoms with E-state index in [1.54, 1.807) is 6.92 Å². The van der Waals surface area contributed by atoms with Gasteiger partial charge in [0.2, 0.25) is 0 Å². The molecule has 2 aromatic rings. The summed E-state index contributed by atoms with van der Waals surface area (Å²) in [5.74, 6) is -0.951. The number of aryl methyl sites for hydroxylation is 1. The minimum absolute atomic E-state index is 0.0855. The molecule has 1 unspecified atom stereocenters. The molecule has 0 amide bonds. The molecule has 5 heteroatoms.